The van der Waals surface area contributed by atoms with E-state index in [1.807, 2.05) is 12.1 Å². The van der Waals surface area contributed by atoms with Crippen LogP contribution in [0.1, 0.15) is 5.56 Å². The van der Waals surface area contributed by atoms with Crippen molar-refractivity contribution in [1.82, 2.24) is 9.55 Å². The van der Waals surface area contributed by atoms with Crippen LogP contribution in [-0.4, -0.2) is 14.7 Å². The first-order chi connectivity index (χ1) is 12.5. The summed E-state index contributed by atoms with van der Waals surface area (Å²) in [6, 6.07) is 13.3. The number of para-hydroxylation sites is 1. The molecule has 4 aromatic rings. The highest BCUT2D eigenvalue weighted by molar-refractivity contribution is 7.98. The fraction of sp³-hybridized carbons (Fsp3) is 0.105. The molecular formula is C19H14N2O4S. The predicted octanol–water partition coefficient (Wildman–Crippen LogP) is 3.04. The number of fused-ring (bicyclic) bond motifs is 2. The lowest BCUT2D eigenvalue weighted by molar-refractivity contribution is 0.473. The van der Waals surface area contributed by atoms with Gasteiger partial charge in [-0.25, -0.2) is 9.78 Å². The summed E-state index contributed by atoms with van der Waals surface area (Å²) in [4.78, 5) is 28.8. The summed E-state index contributed by atoms with van der Waals surface area (Å²) in [5, 5.41) is 11.4. The van der Waals surface area contributed by atoms with Crippen LogP contribution < -0.4 is 11.2 Å². The standard InChI is InChI=1S/C19H14N2O4S/c1-21-18(24)14-4-2-3-5-15(14)20-19(21)26-10-11-8-17(23)25-16-9-12(22)6-7-13(11)16/h2-9,22H,10H2,1H3. The molecule has 0 amide bonds. The van der Waals surface area contributed by atoms with Gasteiger partial charge in [0.25, 0.3) is 5.56 Å². The summed E-state index contributed by atoms with van der Waals surface area (Å²) in [5.74, 6) is 0.468. The van der Waals surface area contributed by atoms with E-state index >= 15 is 0 Å². The number of aromatic nitrogens is 2. The molecule has 2 aromatic heterocycles. The van der Waals surface area contributed by atoms with Gasteiger partial charge in [-0.2, -0.15) is 0 Å². The van der Waals surface area contributed by atoms with Crippen molar-refractivity contribution in [1.29, 1.82) is 0 Å². The van der Waals surface area contributed by atoms with E-state index in [9.17, 15) is 14.7 Å². The minimum Gasteiger partial charge on any atom is -0.508 e. The molecule has 4 rings (SSSR count). The van der Waals surface area contributed by atoms with Crippen molar-refractivity contribution in [3.63, 3.8) is 0 Å². The van der Waals surface area contributed by atoms with E-state index in [-0.39, 0.29) is 11.3 Å². The molecule has 0 spiro atoms. The molecule has 0 bridgehead atoms. The van der Waals surface area contributed by atoms with Gasteiger partial charge in [0.05, 0.1) is 10.9 Å². The SMILES string of the molecule is Cn1c(SCc2cc(=O)oc3cc(O)ccc23)nc2ccccc2c1=O. The zero-order valence-electron chi connectivity index (χ0n) is 13.8. The molecule has 0 saturated heterocycles. The maximum absolute atomic E-state index is 12.5. The van der Waals surface area contributed by atoms with Gasteiger partial charge >= 0.3 is 5.63 Å². The van der Waals surface area contributed by atoms with Gasteiger partial charge < -0.3 is 9.52 Å². The first-order valence-corrected chi connectivity index (χ1v) is 8.86. The van der Waals surface area contributed by atoms with Crippen molar-refractivity contribution >= 4 is 33.6 Å². The lowest BCUT2D eigenvalue weighted by Crippen LogP contribution is -2.19. The number of nitrogens with zero attached hydrogens (tertiary/aromatic N) is 2. The second kappa shape index (κ2) is 6.34. The predicted molar refractivity (Wildman–Crippen MR) is 101 cm³/mol. The van der Waals surface area contributed by atoms with Gasteiger partial charge in [0.1, 0.15) is 11.3 Å². The average molecular weight is 366 g/mol. The van der Waals surface area contributed by atoms with Crippen LogP contribution >= 0.6 is 11.8 Å². The number of rotatable bonds is 3. The van der Waals surface area contributed by atoms with Crippen molar-refractivity contribution in [2.45, 2.75) is 10.9 Å². The van der Waals surface area contributed by atoms with Crippen LogP contribution in [0.25, 0.3) is 21.9 Å². The fourth-order valence-corrected chi connectivity index (χ4v) is 3.77. The Bertz CT molecular complexity index is 1260. The van der Waals surface area contributed by atoms with Gasteiger partial charge in [-0.15, -0.1) is 0 Å². The Morgan fingerprint density at radius 2 is 1.92 bits per heavy atom. The van der Waals surface area contributed by atoms with Crippen LogP contribution in [0.4, 0.5) is 0 Å². The molecule has 6 nitrogen and oxygen atoms in total. The van der Waals surface area contributed by atoms with E-state index < -0.39 is 5.63 Å². The Hall–Kier alpha value is -3.06. The topological polar surface area (TPSA) is 85.3 Å². The van der Waals surface area contributed by atoms with Crippen LogP contribution in [0, 0.1) is 0 Å². The number of hydrogen-bond donors (Lipinski definition) is 1. The zero-order valence-corrected chi connectivity index (χ0v) is 14.6. The molecule has 0 unspecified atom stereocenters. The highest BCUT2D eigenvalue weighted by Crippen LogP contribution is 2.27. The Morgan fingerprint density at radius 3 is 2.77 bits per heavy atom. The van der Waals surface area contributed by atoms with Crippen molar-refractivity contribution < 1.29 is 9.52 Å². The average Bonchev–Trinajstić information content (AvgIpc) is 2.62. The maximum atomic E-state index is 12.5. The van der Waals surface area contributed by atoms with Crippen LogP contribution in [0.5, 0.6) is 5.75 Å². The second-order valence-electron chi connectivity index (χ2n) is 5.84. The Morgan fingerprint density at radius 1 is 1.12 bits per heavy atom. The Balaban J connectivity index is 1.75. The Labute approximate surface area is 151 Å². The molecule has 1 N–H and O–H groups in total. The molecule has 0 aliphatic heterocycles. The summed E-state index contributed by atoms with van der Waals surface area (Å²) >= 11 is 1.37. The van der Waals surface area contributed by atoms with Gasteiger partial charge in [-0.3, -0.25) is 9.36 Å². The normalized spacial score (nSPS) is 11.3. The molecule has 0 radical (unpaired) electrons. The lowest BCUT2D eigenvalue weighted by Gasteiger charge is -2.09. The quantitative estimate of drug-likeness (QED) is 0.341. The van der Waals surface area contributed by atoms with Crippen molar-refractivity contribution in [3.8, 4) is 5.75 Å². The molecule has 130 valence electrons. The van der Waals surface area contributed by atoms with Crippen LogP contribution in [0.2, 0.25) is 0 Å². The third-order valence-electron chi connectivity index (χ3n) is 4.11. The summed E-state index contributed by atoms with van der Waals surface area (Å²) in [5.41, 5.74) is 1.12. The second-order valence-corrected chi connectivity index (χ2v) is 6.78. The molecular weight excluding hydrogens is 352 g/mol. The maximum Gasteiger partial charge on any atom is 0.336 e. The van der Waals surface area contributed by atoms with Gasteiger partial charge in [0.15, 0.2) is 5.16 Å². The molecule has 0 saturated carbocycles. The molecule has 0 atom stereocenters. The van der Waals surface area contributed by atoms with Crippen LogP contribution in [0.3, 0.4) is 0 Å². The minimum absolute atomic E-state index is 0.0315. The smallest absolute Gasteiger partial charge is 0.336 e. The first kappa shape index (κ1) is 16.4. The summed E-state index contributed by atoms with van der Waals surface area (Å²) < 4.78 is 6.65. The largest absolute Gasteiger partial charge is 0.508 e. The first-order valence-electron chi connectivity index (χ1n) is 7.87. The third kappa shape index (κ3) is 2.86. The fourth-order valence-electron chi connectivity index (χ4n) is 2.81. The van der Waals surface area contributed by atoms with E-state index in [2.05, 4.69) is 4.98 Å². The number of aromatic hydroxyl groups is 1. The van der Waals surface area contributed by atoms with Crippen molar-refractivity contribution in [2.24, 2.45) is 7.05 Å². The Kier molecular flexibility index (Phi) is 4.00. The summed E-state index contributed by atoms with van der Waals surface area (Å²) in [6.07, 6.45) is 0. The minimum atomic E-state index is -0.487. The van der Waals surface area contributed by atoms with E-state index in [1.54, 1.807) is 31.3 Å². The lowest BCUT2D eigenvalue weighted by atomic mass is 10.1. The van der Waals surface area contributed by atoms with E-state index in [4.69, 9.17) is 4.42 Å². The van der Waals surface area contributed by atoms with Crippen LogP contribution in [0.15, 0.2) is 67.7 Å². The molecule has 0 aliphatic carbocycles. The number of hydrogen-bond acceptors (Lipinski definition) is 6. The van der Waals surface area contributed by atoms with Gasteiger partial charge in [-0.05, 0) is 29.8 Å². The number of phenols is 1. The van der Waals surface area contributed by atoms with E-state index in [1.165, 1.54) is 28.5 Å². The number of phenolic OH excluding ortho intramolecular Hbond substituents is 1. The molecule has 0 fully saturated rings. The van der Waals surface area contributed by atoms with Gasteiger partial charge in [0, 0.05) is 30.3 Å². The van der Waals surface area contributed by atoms with Crippen LogP contribution in [-0.2, 0) is 12.8 Å². The number of thioether (sulfide) groups is 1. The molecule has 7 heteroatoms. The van der Waals surface area contributed by atoms with E-state index in [0.29, 0.717) is 27.4 Å². The zero-order chi connectivity index (χ0) is 18.3. The van der Waals surface area contributed by atoms with E-state index in [0.717, 1.165) is 10.9 Å². The third-order valence-corrected chi connectivity index (χ3v) is 5.19. The van der Waals surface area contributed by atoms with Crippen molar-refractivity contribution in [2.75, 3.05) is 0 Å². The number of benzene rings is 2. The summed E-state index contributed by atoms with van der Waals surface area (Å²) in [6.45, 7) is 0. The van der Waals surface area contributed by atoms with Gasteiger partial charge in [0.2, 0.25) is 0 Å². The monoisotopic (exact) mass is 366 g/mol. The molecule has 0 aliphatic rings. The highest BCUT2D eigenvalue weighted by Gasteiger charge is 2.11. The summed E-state index contributed by atoms with van der Waals surface area (Å²) in [7, 11) is 1.68. The molecule has 2 aromatic carbocycles. The molecule has 2 heterocycles. The highest BCUT2D eigenvalue weighted by atomic mass is 32.2. The van der Waals surface area contributed by atoms with Crippen molar-refractivity contribution in [3.05, 3.63) is 74.9 Å². The van der Waals surface area contributed by atoms with Gasteiger partial charge in [-0.1, -0.05) is 23.9 Å². The molecule has 26 heavy (non-hydrogen) atoms.